The Labute approximate surface area is 124 Å². The zero-order valence-electron chi connectivity index (χ0n) is 10.8. The molecule has 0 amide bonds. The zero-order chi connectivity index (χ0) is 15.8. The van der Waals surface area contributed by atoms with Crippen LogP contribution >= 0.6 is 11.6 Å². The average molecular weight is 320 g/mol. The van der Waals surface area contributed by atoms with Crippen LogP contribution in [0.1, 0.15) is 12.0 Å². The molecule has 1 aliphatic carbocycles. The second kappa shape index (κ2) is 5.41. The molecule has 3 unspecified atom stereocenters. The zero-order valence-corrected chi connectivity index (χ0v) is 11.5. The van der Waals surface area contributed by atoms with Crippen LogP contribution in [0.2, 0.25) is 5.02 Å². The first kappa shape index (κ1) is 16.0. The van der Waals surface area contributed by atoms with Gasteiger partial charge in [0.15, 0.2) is 0 Å². The molecule has 1 aromatic rings. The van der Waals surface area contributed by atoms with Gasteiger partial charge in [0.05, 0.1) is 0 Å². The second-order valence-electron chi connectivity index (χ2n) is 4.99. The third-order valence-electron chi connectivity index (χ3n) is 3.41. The van der Waals surface area contributed by atoms with Crippen LogP contribution in [0.15, 0.2) is 18.2 Å². The maximum absolute atomic E-state index is 13.3. The lowest BCUT2D eigenvalue weighted by Crippen LogP contribution is -2.41. The fourth-order valence-corrected chi connectivity index (χ4v) is 2.13. The molecule has 21 heavy (non-hydrogen) atoms. The molecule has 3 atom stereocenters. The summed E-state index contributed by atoms with van der Waals surface area (Å²) in [5.41, 5.74) is 1.30. The molecule has 4 N–H and O–H groups in total. The van der Waals surface area contributed by atoms with E-state index in [1.54, 1.807) is 0 Å². The summed E-state index contributed by atoms with van der Waals surface area (Å²) in [5, 5.41) is 19.0. The van der Waals surface area contributed by atoms with Crippen molar-refractivity contribution in [3.63, 3.8) is 0 Å². The number of benzene rings is 1. The molecular formula is C14H13ClF3NO2. The smallest absolute Gasteiger partial charge is 0.398 e. The summed E-state index contributed by atoms with van der Waals surface area (Å²) >= 11 is 5.68. The lowest BCUT2D eigenvalue weighted by Gasteiger charge is -2.27. The van der Waals surface area contributed by atoms with Gasteiger partial charge < -0.3 is 15.9 Å². The minimum atomic E-state index is -5.03. The molecule has 0 bridgehead atoms. The third-order valence-corrected chi connectivity index (χ3v) is 3.65. The number of hydrogen-bond donors (Lipinski definition) is 3. The van der Waals surface area contributed by atoms with Crippen molar-refractivity contribution in [2.45, 2.75) is 18.2 Å². The molecule has 0 heterocycles. The Hall–Kier alpha value is -1.42. The molecule has 0 spiro atoms. The Balaban J connectivity index is 2.45. The van der Waals surface area contributed by atoms with E-state index in [0.29, 0.717) is 6.42 Å². The first-order valence-corrected chi connectivity index (χ1v) is 6.55. The van der Waals surface area contributed by atoms with Gasteiger partial charge in [0.2, 0.25) is 5.60 Å². The molecule has 1 fully saturated rings. The fourth-order valence-electron chi connectivity index (χ4n) is 1.96. The number of aliphatic hydroxyl groups excluding tert-OH is 1. The number of rotatable bonds is 2. The maximum atomic E-state index is 13.3. The van der Waals surface area contributed by atoms with Gasteiger partial charge in [-0.15, -0.1) is 0 Å². The van der Waals surface area contributed by atoms with Crippen LogP contribution in [0.3, 0.4) is 0 Å². The Bertz CT molecular complexity index is 608. The highest BCUT2D eigenvalue weighted by atomic mass is 35.5. The molecule has 1 aliphatic rings. The Kier molecular flexibility index (Phi) is 4.11. The molecule has 0 aliphatic heterocycles. The summed E-state index contributed by atoms with van der Waals surface area (Å²) in [7, 11) is 0. The number of nitrogen functional groups attached to an aromatic ring is 1. The van der Waals surface area contributed by atoms with Gasteiger partial charge in [-0.25, -0.2) is 0 Å². The van der Waals surface area contributed by atoms with E-state index in [0.717, 1.165) is 6.07 Å². The first-order valence-electron chi connectivity index (χ1n) is 6.17. The van der Waals surface area contributed by atoms with Crippen LogP contribution in [-0.4, -0.2) is 23.0 Å². The minimum Gasteiger partial charge on any atom is -0.398 e. The van der Waals surface area contributed by atoms with Crippen molar-refractivity contribution in [3.8, 4) is 11.8 Å². The highest BCUT2D eigenvalue weighted by Crippen LogP contribution is 2.43. The van der Waals surface area contributed by atoms with Crippen molar-refractivity contribution in [2.75, 3.05) is 12.3 Å². The minimum absolute atomic E-state index is 0.0170. The summed E-state index contributed by atoms with van der Waals surface area (Å²) < 4.78 is 39.8. The van der Waals surface area contributed by atoms with Crippen LogP contribution in [0.4, 0.5) is 18.9 Å². The molecule has 7 heteroatoms. The van der Waals surface area contributed by atoms with Crippen molar-refractivity contribution in [3.05, 3.63) is 28.8 Å². The summed E-state index contributed by atoms with van der Waals surface area (Å²) in [5.74, 6) is 3.77. The number of halogens is 4. The molecule has 1 saturated carbocycles. The van der Waals surface area contributed by atoms with Gasteiger partial charge in [-0.3, -0.25) is 0 Å². The predicted octanol–water partition coefficient (Wildman–Crippen LogP) is 2.30. The SMILES string of the molecule is Nc1ccc(Cl)cc1C(O)(C#CC1CC1CO)C(F)(F)F. The quantitative estimate of drug-likeness (QED) is 0.579. The van der Waals surface area contributed by atoms with Gasteiger partial charge in [-0.1, -0.05) is 23.4 Å². The number of hydrogen-bond acceptors (Lipinski definition) is 3. The van der Waals surface area contributed by atoms with Gasteiger partial charge in [-0.05, 0) is 30.5 Å². The van der Waals surface area contributed by atoms with Crippen molar-refractivity contribution >= 4 is 17.3 Å². The van der Waals surface area contributed by atoms with Gasteiger partial charge >= 0.3 is 6.18 Å². The second-order valence-corrected chi connectivity index (χ2v) is 5.43. The van der Waals surface area contributed by atoms with E-state index in [-0.39, 0.29) is 29.2 Å². The molecular weight excluding hydrogens is 307 g/mol. The summed E-state index contributed by atoms with van der Waals surface area (Å²) in [6.07, 6.45) is -4.51. The van der Waals surface area contributed by atoms with E-state index >= 15 is 0 Å². The summed E-state index contributed by atoms with van der Waals surface area (Å²) in [6.45, 7) is -0.136. The van der Waals surface area contributed by atoms with Crippen LogP contribution in [-0.2, 0) is 5.60 Å². The van der Waals surface area contributed by atoms with Gasteiger partial charge in [0.1, 0.15) is 0 Å². The van der Waals surface area contributed by atoms with E-state index in [1.165, 1.54) is 12.1 Å². The molecule has 1 aromatic carbocycles. The predicted molar refractivity (Wildman–Crippen MR) is 72.3 cm³/mol. The van der Waals surface area contributed by atoms with Crippen molar-refractivity contribution < 1.29 is 23.4 Å². The molecule has 3 nitrogen and oxygen atoms in total. The van der Waals surface area contributed by atoms with Crippen LogP contribution in [0, 0.1) is 23.7 Å². The number of aliphatic hydroxyl groups is 2. The van der Waals surface area contributed by atoms with Crippen molar-refractivity contribution in [1.82, 2.24) is 0 Å². The van der Waals surface area contributed by atoms with E-state index in [9.17, 15) is 18.3 Å². The fraction of sp³-hybridized carbons (Fsp3) is 0.429. The highest BCUT2D eigenvalue weighted by Gasteiger charge is 2.55. The monoisotopic (exact) mass is 319 g/mol. The number of alkyl halides is 3. The Morgan fingerprint density at radius 1 is 1.38 bits per heavy atom. The standard InChI is InChI=1S/C14H13ClF3NO2/c15-10-1-2-12(19)11(6-10)13(21,14(16,17)18)4-3-8-5-9(8)7-20/h1-2,6,8-9,20-21H,5,7,19H2. The lowest BCUT2D eigenvalue weighted by atomic mass is 9.92. The van der Waals surface area contributed by atoms with Gasteiger partial charge in [0, 0.05) is 28.8 Å². The van der Waals surface area contributed by atoms with E-state index in [1.807, 2.05) is 5.92 Å². The van der Waals surface area contributed by atoms with E-state index in [4.69, 9.17) is 22.4 Å². The van der Waals surface area contributed by atoms with Crippen molar-refractivity contribution in [1.29, 1.82) is 0 Å². The van der Waals surface area contributed by atoms with Gasteiger partial charge in [-0.2, -0.15) is 13.2 Å². The van der Waals surface area contributed by atoms with Gasteiger partial charge in [0.25, 0.3) is 0 Å². The maximum Gasteiger partial charge on any atom is 0.433 e. The lowest BCUT2D eigenvalue weighted by molar-refractivity contribution is -0.240. The Morgan fingerprint density at radius 3 is 2.57 bits per heavy atom. The third kappa shape index (κ3) is 3.10. The normalized spacial score (nSPS) is 23.9. The molecule has 0 aromatic heterocycles. The topological polar surface area (TPSA) is 66.5 Å². The summed E-state index contributed by atoms with van der Waals surface area (Å²) in [6, 6.07) is 3.46. The van der Waals surface area contributed by atoms with Crippen molar-refractivity contribution in [2.24, 2.45) is 11.8 Å². The van der Waals surface area contributed by atoms with Crippen LogP contribution in [0.25, 0.3) is 0 Å². The Morgan fingerprint density at radius 2 is 2.05 bits per heavy atom. The molecule has 114 valence electrons. The summed E-state index contributed by atoms with van der Waals surface area (Å²) in [4.78, 5) is 0. The first-order chi connectivity index (χ1) is 9.69. The number of nitrogens with two attached hydrogens (primary N) is 1. The number of anilines is 1. The van der Waals surface area contributed by atoms with E-state index < -0.39 is 17.3 Å². The molecule has 0 radical (unpaired) electrons. The van der Waals surface area contributed by atoms with Crippen LogP contribution in [0.5, 0.6) is 0 Å². The average Bonchev–Trinajstić information content (AvgIpc) is 3.16. The molecule has 0 saturated heterocycles. The molecule has 2 rings (SSSR count). The highest BCUT2D eigenvalue weighted by molar-refractivity contribution is 6.30. The van der Waals surface area contributed by atoms with Crippen LogP contribution < -0.4 is 5.73 Å². The largest absolute Gasteiger partial charge is 0.433 e. The van der Waals surface area contributed by atoms with E-state index in [2.05, 4.69) is 5.92 Å².